The van der Waals surface area contributed by atoms with Crippen molar-refractivity contribution in [2.75, 3.05) is 23.4 Å². The van der Waals surface area contributed by atoms with Gasteiger partial charge in [0.25, 0.3) is 0 Å². The first-order valence-corrected chi connectivity index (χ1v) is 9.03. The zero-order valence-electron chi connectivity index (χ0n) is 16.2. The number of amides is 2. The molecule has 2 amide bonds. The third-order valence-corrected chi connectivity index (χ3v) is 4.53. The average molecular weight is 379 g/mol. The van der Waals surface area contributed by atoms with E-state index in [0.29, 0.717) is 41.9 Å². The van der Waals surface area contributed by atoms with Crippen LogP contribution in [0.1, 0.15) is 22.8 Å². The van der Waals surface area contributed by atoms with Crippen LogP contribution in [0.2, 0.25) is 0 Å². The minimum atomic E-state index is -0.266. The first-order chi connectivity index (χ1) is 13.4. The van der Waals surface area contributed by atoms with E-state index in [1.165, 1.54) is 0 Å². The number of carbonyl (C=O) groups is 1. The molecule has 28 heavy (non-hydrogen) atoms. The number of rotatable bonds is 2. The van der Waals surface area contributed by atoms with Crippen LogP contribution in [0.3, 0.4) is 0 Å². The molecule has 3 aromatic heterocycles. The van der Waals surface area contributed by atoms with Gasteiger partial charge in [-0.15, -0.1) is 0 Å². The Bertz CT molecular complexity index is 1020. The normalized spacial score (nSPS) is 13.1. The van der Waals surface area contributed by atoms with Crippen molar-refractivity contribution < 1.29 is 14.1 Å². The van der Waals surface area contributed by atoms with Gasteiger partial charge in [-0.25, -0.2) is 9.78 Å². The highest BCUT2D eigenvalue weighted by molar-refractivity contribution is 6.02. The number of aryl methyl sites for hydroxylation is 4. The smallest absolute Gasteiger partial charge is 0.327 e. The second-order valence-electron chi connectivity index (χ2n) is 6.79. The number of ether oxygens (including phenoxy) is 1. The predicted octanol–water partition coefficient (Wildman–Crippen LogP) is 3.80. The van der Waals surface area contributed by atoms with Crippen molar-refractivity contribution in [1.29, 1.82) is 0 Å². The molecule has 4 rings (SSSR count). The Morgan fingerprint density at radius 2 is 1.86 bits per heavy atom. The Kier molecular flexibility index (Phi) is 4.46. The molecule has 0 atom stereocenters. The van der Waals surface area contributed by atoms with E-state index >= 15 is 0 Å². The fourth-order valence-electron chi connectivity index (χ4n) is 3.38. The minimum Gasteiger partial charge on any atom is -0.488 e. The third-order valence-electron chi connectivity index (χ3n) is 4.53. The number of nitrogens with one attached hydrogen (secondary N) is 1. The van der Waals surface area contributed by atoms with Crippen molar-refractivity contribution in [3.05, 3.63) is 47.1 Å². The predicted molar refractivity (Wildman–Crippen MR) is 105 cm³/mol. The van der Waals surface area contributed by atoms with Gasteiger partial charge in [0.1, 0.15) is 12.4 Å². The zero-order chi connectivity index (χ0) is 19.8. The highest BCUT2D eigenvalue weighted by Crippen LogP contribution is 2.34. The molecule has 0 saturated heterocycles. The van der Waals surface area contributed by atoms with Crippen molar-refractivity contribution in [3.63, 3.8) is 0 Å². The van der Waals surface area contributed by atoms with E-state index < -0.39 is 0 Å². The van der Waals surface area contributed by atoms with Crippen LogP contribution in [-0.4, -0.2) is 34.3 Å². The van der Waals surface area contributed by atoms with Gasteiger partial charge in [0.05, 0.1) is 23.5 Å². The van der Waals surface area contributed by atoms with E-state index in [9.17, 15) is 4.79 Å². The summed E-state index contributed by atoms with van der Waals surface area (Å²) in [7, 11) is 0. The summed E-state index contributed by atoms with van der Waals surface area (Å²) >= 11 is 0. The van der Waals surface area contributed by atoms with Gasteiger partial charge >= 0.3 is 6.03 Å². The average Bonchev–Trinajstić information content (AvgIpc) is 2.98. The van der Waals surface area contributed by atoms with Gasteiger partial charge in [0, 0.05) is 17.1 Å². The number of fused-ring (bicyclic) bond motifs is 1. The van der Waals surface area contributed by atoms with Crippen molar-refractivity contribution in [1.82, 2.24) is 15.1 Å². The van der Waals surface area contributed by atoms with Gasteiger partial charge in [-0.3, -0.25) is 9.88 Å². The number of aromatic nitrogens is 3. The fraction of sp³-hybridized carbons (Fsp3) is 0.300. The molecular formula is C20H21N5O3. The summed E-state index contributed by atoms with van der Waals surface area (Å²) in [6.45, 7) is 8.29. The quantitative estimate of drug-likeness (QED) is 0.728. The van der Waals surface area contributed by atoms with Crippen LogP contribution < -0.4 is 15.0 Å². The van der Waals surface area contributed by atoms with Crippen molar-refractivity contribution >= 4 is 17.5 Å². The molecule has 0 unspecified atom stereocenters. The number of urea groups is 1. The van der Waals surface area contributed by atoms with Crippen LogP contribution in [0.15, 0.2) is 28.8 Å². The summed E-state index contributed by atoms with van der Waals surface area (Å²) in [5.74, 6) is 1.73. The van der Waals surface area contributed by atoms with Gasteiger partial charge in [-0.1, -0.05) is 5.16 Å². The van der Waals surface area contributed by atoms with Gasteiger partial charge in [-0.05, 0) is 52.0 Å². The molecule has 1 aliphatic rings. The number of anilines is 2. The number of pyridine rings is 2. The first kappa shape index (κ1) is 18.0. The Balaban J connectivity index is 1.67. The summed E-state index contributed by atoms with van der Waals surface area (Å²) in [6.07, 6.45) is 0. The van der Waals surface area contributed by atoms with E-state index in [2.05, 4.69) is 20.4 Å². The molecule has 0 saturated carbocycles. The van der Waals surface area contributed by atoms with Gasteiger partial charge in [-0.2, -0.15) is 0 Å². The number of hydrogen-bond acceptors (Lipinski definition) is 6. The second-order valence-corrected chi connectivity index (χ2v) is 6.79. The Hall–Kier alpha value is -3.42. The minimum absolute atomic E-state index is 0.266. The molecule has 144 valence electrons. The summed E-state index contributed by atoms with van der Waals surface area (Å²) < 4.78 is 10.9. The van der Waals surface area contributed by atoms with E-state index in [1.54, 1.807) is 4.90 Å². The van der Waals surface area contributed by atoms with Gasteiger partial charge in [0.15, 0.2) is 11.6 Å². The first-order valence-electron chi connectivity index (χ1n) is 9.03. The lowest BCUT2D eigenvalue weighted by atomic mass is 10.1. The molecule has 0 spiro atoms. The van der Waals surface area contributed by atoms with Crippen LogP contribution in [0.4, 0.5) is 16.3 Å². The lowest BCUT2D eigenvalue weighted by molar-refractivity contribution is 0.249. The topological polar surface area (TPSA) is 93.4 Å². The maximum Gasteiger partial charge on any atom is 0.327 e. The third kappa shape index (κ3) is 3.28. The van der Waals surface area contributed by atoms with E-state index in [0.717, 1.165) is 22.6 Å². The Labute approximate surface area is 162 Å². The highest BCUT2D eigenvalue weighted by atomic mass is 16.5. The van der Waals surface area contributed by atoms with Crippen LogP contribution in [0.25, 0.3) is 11.3 Å². The zero-order valence-corrected chi connectivity index (χ0v) is 16.2. The lowest BCUT2D eigenvalue weighted by Crippen LogP contribution is -2.41. The second kappa shape index (κ2) is 6.95. The van der Waals surface area contributed by atoms with Crippen molar-refractivity contribution in [2.24, 2.45) is 0 Å². The maximum absolute atomic E-state index is 13.0. The van der Waals surface area contributed by atoms with Gasteiger partial charge < -0.3 is 14.6 Å². The molecule has 0 radical (unpaired) electrons. The van der Waals surface area contributed by atoms with Crippen LogP contribution >= 0.6 is 0 Å². The molecule has 8 heteroatoms. The van der Waals surface area contributed by atoms with Crippen molar-refractivity contribution in [2.45, 2.75) is 27.7 Å². The standard InChI is InChI=1S/C20H21N5O3/c1-11-9-15(10-12(2)21-11)22-20(26)25-7-8-27-17-6-5-16(23-19(17)25)18-13(3)24-28-14(18)4/h5-6,9-10H,7-8H2,1-4H3,(H,21,22,26). The lowest BCUT2D eigenvalue weighted by Gasteiger charge is -2.28. The van der Waals surface area contributed by atoms with Crippen molar-refractivity contribution in [3.8, 4) is 17.0 Å². The molecule has 4 heterocycles. The van der Waals surface area contributed by atoms with Crippen LogP contribution in [0.5, 0.6) is 5.75 Å². The van der Waals surface area contributed by atoms with Gasteiger partial charge in [0.2, 0.25) is 0 Å². The molecule has 0 bridgehead atoms. The van der Waals surface area contributed by atoms with Crippen LogP contribution in [0, 0.1) is 27.7 Å². The number of carbonyl (C=O) groups excluding carboxylic acids is 1. The summed E-state index contributed by atoms with van der Waals surface area (Å²) in [5.41, 5.74) is 4.65. The Morgan fingerprint density at radius 1 is 1.11 bits per heavy atom. The molecule has 0 aliphatic carbocycles. The number of hydrogen-bond donors (Lipinski definition) is 1. The summed E-state index contributed by atoms with van der Waals surface area (Å²) in [4.78, 5) is 23.6. The molecule has 8 nitrogen and oxygen atoms in total. The monoisotopic (exact) mass is 379 g/mol. The molecule has 1 aliphatic heterocycles. The maximum atomic E-state index is 13.0. The van der Waals surface area contributed by atoms with E-state index in [1.807, 2.05) is 52.0 Å². The van der Waals surface area contributed by atoms with Crippen LogP contribution in [-0.2, 0) is 0 Å². The fourth-order valence-corrected chi connectivity index (χ4v) is 3.38. The SMILES string of the molecule is Cc1cc(NC(=O)N2CCOc3ccc(-c4c(C)noc4C)nc32)cc(C)n1. The molecule has 1 N–H and O–H groups in total. The Morgan fingerprint density at radius 3 is 2.54 bits per heavy atom. The van der Waals surface area contributed by atoms with E-state index in [4.69, 9.17) is 9.26 Å². The highest BCUT2D eigenvalue weighted by Gasteiger charge is 2.27. The van der Waals surface area contributed by atoms with E-state index in [-0.39, 0.29) is 6.03 Å². The summed E-state index contributed by atoms with van der Waals surface area (Å²) in [6, 6.07) is 7.07. The number of nitrogens with zero attached hydrogens (tertiary/aromatic N) is 4. The molecule has 3 aromatic rings. The molecule has 0 fully saturated rings. The molecule has 0 aromatic carbocycles. The molecular weight excluding hydrogens is 358 g/mol. The summed E-state index contributed by atoms with van der Waals surface area (Å²) in [5, 5.41) is 6.92. The largest absolute Gasteiger partial charge is 0.488 e.